The number of halogens is 1. The van der Waals surface area contributed by atoms with Crippen LogP contribution in [0.4, 0.5) is 0 Å². The maximum Gasteiger partial charge on any atom is 0.280 e. The number of rotatable bonds is 1. The fourth-order valence-electron chi connectivity index (χ4n) is 1.23. The van der Waals surface area contributed by atoms with E-state index in [0.717, 1.165) is 4.48 Å². The number of hydrogen-bond acceptors (Lipinski definition) is 4. The third kappa shape index (κ3) is 1.36. The lowest BCUT2D eigenvalue weighted by Crippen LogP contribution is -2.35. The summed E-state index contributed by atoms with van der Waals surface area (Å²) in [6.45, 7) is 0.908. The number of aliphatic hydroxyl groups is 1. The van der Waals surface area contributed by atoms with Gasteiger partial charge in [-0.1, -0.05) is 0 Å². The van der Waals surface area contributed by atoms with Gasteiger partial charge in [-0.15, -0.1) is 0 Å². The van der Waals surface area contributed by atoms with Crippen molar-refractivity contribution in [2.75, 3.05) is 13.2 Å². The van der Waals surface area contributed by atoms with Crippen molar-refractivity contribution in [3.8, 4) is 0 Å². The minimum absolute atomic E-state index is 0.0625. The summed E-state index contributed by atoms with van der Waals surface area (Å²) >= 11 is 3.24. The second kappa shape index (κ2) is 3.11. The van der Waals surface area contributed by atoms with Crippen LogP contribution < -0.4 is 0 Å². The van der Waals surface area contributed by atoms with Gasteiger partial charge in [-0.3, -0.25) is 0 Å². The topological polar surface area (TPSA) is 45.1 Å². The summed E-state index contributed by atoms with van der Waals surface area (Å²) in [6, 6.07) is -0.0625. The van der Waals surface area contributed by atoms with Crippen LogP contribution in [0.3, 0.4) is 0 Å². The molecule has 2 rings (SSSR count). The Labute approximate surface area is 78.6 Å². The molecule has 0 aromatic heterocycles. The highest BCUT2D eigenvalue weighted by atomic mass is 79.9. The van der Waals surface area contributed by atoms with Crippen molar-refractivity contribution < 1.29 is 9.84 Å². The predicted octanol–water partition coefficient (Wildman–Crippen LogP) is 0.161. The largest absolute Gasteiger partial charge is 0.388 e. The normalized spacial score (nSPS) is 33.8. The highest BCUT2D eigenvalue weighted by Gasteiger charge is 2.36. The molecule has 2 atom stereocenters. The zero-order chi connectivity index (χ0) is 8.55. The van der Waals surface area contributed by atoms with Gasteiger partial charge < -0.3 is 9.84 Å². The molecule has 0 aliphatic carbocycles. The second-order valence-electron chi connectivity index (χ2n) is 2.74. The quantitative estimate of drug-likeness (QED) is 0.655. The van der Waals surface area contributed by atoms with Crippen LogP contribution in [-0.4, -0.2) is 41.7 Å². The van der Waals surface area contributed by atoms with E-state index in [1.807, 2.05) is 0 Å². The molecule has 12 heavy (non-hydrogen) atoms. The molecule has 0 unspecified atom stereocenters. The molecule has 5 heteroatoms. The lowest BCUT2D eigenvalue weighted by atomic mass is 10.2. The maximum atomic E-state index is 9.44. The van der Waals surface area contributed by atoms with Gasteiger partial charge in [0.25, 0.3) is 10.7 Å². The molecule has 4 nitrogen and oxygen atoms in total. The monoisotopic (exact) mass is 231 g/mol. The van der Waals surface area contributed by atoms with Gasteiger partial charge in [0.2, 0.25) is 0 Å². The molecule has 0 saturated carbocycles. The molecular formula is C7H8BrN2O2+. The van der Waals surface area contributed by atoms with Crippen molar-refractivity contribution in [1.82, 2.24) is 5.01 Å². The minimum atomic E-state index is -0.454. The summed E-state index contributed by atoms with van der Waals surface area (Å²) in [6.07, 6.45) is 4.06. The smallest absolute Gasteiger partial charge is 0.280 e. The molecule has 0 bridgehead atoms. The van der Waals surface area contributed by atoms with E-state index in [1.54, 1.807) is 11.2 Å². The summed E-state index contributed by atoms with van der Waals surface area (Å²) in [4.78, 5) is 0. The number of hydrazone groups is 1. The zero-order valence-corrected chi connectivity index (χ0v) is 7.86. The van der Waals surface area contributed by atoms with Gasteiger partial charge >= 0.3 is 0 Å². The standard InChI is InChI=1S/C7H8BrN2O2/c8-5-1-9-10(2-5)6-3-12-4-7(6)11/h2,6-7,11H,3-4H2/q+1/t6-,7-/m1/s1. The number of nitrogens with zero attached hydrogens (tertiary/aromatic N) is 2. The van der Waals surface area contributed by atoms with Crippen LogP contribution in [0.25, 0.3) is 0 Å². The van der Waals surface area contributed by atoms with Gasteiger partial charge in [0.05, 0.1) is 13.2 Å². The molecule has 1 saturated heterocycles. The van der Waals surface area contributed by atoms with Crippen molar-refractivity contribution in [3.63, 3.8) is 0 Å². The molecule has 0 spiro atoms. The van der Waals surface area contributed by atoms with Crippen LogP contribution in [0.1, 0.15) is 0 Å². The van der Waals surface area contributed by atoms with E-state index in [9.17, 15) is 5.11 Å². The van der Waals surface area contributed by atoms with E-state index in [0.29, 0.717) is 13.2 Å². The van der Waals surface area contributed by atoms with Gasteiger partial charge in [0.15, 0.2) is 6.20 Å². The number of hydrogen-bond donors (Lipinski definition) is 1. The van der Waals surface area contributed by atoms with E-state index in [1.165, 1.54) is 0 Å². The first-order chi connectivity index (χ1) is 5.77. The molecule has 2 heterocycles. The van der Waals surface area contributed by atoms with E-state index >= 15 is 0 Å². The average Bonchev–Trinajstić information content (AvgIpc) is 2.58. The Morgan fingerprint density at radius 2 is 2.58 bits per heavy atom. The second-order valence-corrected chi connectivity index (χ2v) is 3.60. The van der Waals surface area contributed by atoms with Crippen LogP contribution in [0.15, 0.2) is 15.8 Å². The number of ether oxygens (including phenoxy) is 1. The van der Waals surface area contributed by atoms with Crippen molar-refractivity contribution in [3.05, 3.63) is 10.7 Å². The van der Waals surface area contributed by atoms with Crippen LogP contribution in [0, 0.1) is 0 Å². The zero-order valence-electron chi connectivity index (χ0n) is 6.27. The molecule has 2 aliphatic rings. The van der Waals surface area contributed by atoms with Crippen molar-refractivity contribution in [2.24, 2.45) is 5.10 Å². The SMILES string of the molecule is O[C@@H]1COC[C@H]1N1C=C(Br)[C+]=N1. The highest BCUT2D eigenvalue weighted by Crippen LogP contribution is 2.19. The van der Waals surface area contributed by atoms with E-state index in [4.69, 9.17) is 4.74 Å². The van der Waals surface area contributed by atoms with Crippen molar-refractivity contribution in [1.29, 1.82) is 0 Å². The molecule has 64 valence electrons. The molecular weight excluding hydrogens is 224 g/mol. The van der Waals surface area contributed by atoms with E-state index in [2.05, 4.69) is 27.2 Å². The van der Waals surface area contributed by atoms with Crippen LogP contribution in [0.2, 0.25) is 0 Å². The lowest BCUT2D eigenvalue weighted by molar-refractivity contribution is 0.105. The minimum Gasteiger partial charge on any atom is -0.388 e. The Hall–Kier alpha value is -0.480. The molecule has 0 aromatic rings. The maximum absolute atomic E-state index is 9.44. The molecule has 0 amide bonds. The Morgan fingerprint density at radius 3 is 3.08 bits per heavy atom. The van der Waals surface area contributed by atoms with Gasteiger partial charge in [0.1, 0.15) is 12.1 Å². The first kappa shape index (κ1) is 8.13. The molecule has 0 radical (unpaired) electrons. The van der Waals surface area contributed by atoms with Crippen molar-refractivity contribution >= 4 is 22.1 Å². The molecule has 0 aromatic carbocycles. The van der Waals surface area contributed by atoms with Crippen molar-refractivity contribution in [2.45, 2.75) is 12.1 Å². The average molecular weight is 232 g/mol. The van der Waals surface area contributed by atoms with E-state index < -0.39 is 6.10 Å². The Balaban J connectivity index is 2.06. The first-order valence-electron chi connectivity index (χ1n) is 3.65. The summed E-state index contributed by atoms with van der Waals surface area (Å²) < 4.78 is 5.89. The summed E-state index contributed by atoms with van der Waals surface area (Å²) in [7, 11) is 0. The van der Waals surface area contributed by atoms with Crippen LogP contribution in [0.5, 0.6) is 0 Å². The lowest BCUT2D eigenvalue weighted by Gasteiger charge is -2.14. The highest BCUT2D eigenvalue weighted by molar-refractivity contribution is 9.12. The van der Waals surface area contributed by atoms with Gasteiger partial charge in [-0.05, 0) is 0 Å². The van der Waals surface area contributed by atoms with Gasteiger partial charge in [-0.25, -0.2) is 0 Å². The van der Waals surface area contributed by atoms with E-state index in [-0.39, 0.29) is 6.04 Å². The third-order valence-electron chi connectivity index (χ3n) is 1.88. The molecule has 2 aliphatic heterocycles. The fraction of sp³-hybridized carbons (Fsp3) is 0.571. The summed E-state index contributed by atoms with van der Waals surface area (Å²) in [5, 5.41) is 15.1. The van der Waals surface area contributed by atoms with Gasteiger partial charge in [-0.2, -0.15) is 5.01 Å². The Morgan fingerprint density at radius 1 is 1.75 bits per heavy atom. The summed E-state index contributed by atoms with van der Waals surface area (Å²) in [5.41, 5.74) is 0. The number of allylic oxidation sites excluding steroid dienone is 1. The Kier molecular flexibility index (Phi) is 2.11. The first-order valence-corrected chi connectivity index (χ1v) is 4.45. The Bertz CT molecular complexity index is 242. The van der Waals surface area contributed by atoms with Crippen LogP contribution in [-0.2, 0) is 4.74 Å². The molecule has 1 fully saturated rings. The third-order valence-corrected chi connectivity index (χ3v) is 2.26. The fourth-order valence-corrected chi connectivity index (χ4v) is 1.52. The summed E-state index contributed by atoms with van der Waals surface area (Å²) in [5.74, 6) is 0. The van der Waals surface area contributed by atoms with Crippen LogP contribution >= 0.6 is 15.9 Å². The predicted molar refractivity (Wildman–Crippen MR) is 46.9 cm³/mol. The van der Waals surface area contributed by atoms with Gasteiger partial charge in [0, 0.05) is 21.0 Å². The molecule has 1 N–H and O–H groups in total. The number of aliphatic hydroxyl groups excluding tert-OH is 1.